The minimum absolute atomic E-state index is 0.810. The summed E-state index contributed by atoms with van der Waals surface area (Å²) in [6.07, 6.45) is 5.04. The lowest BCUT2D eigenvalue weighted by Crippen LogP contribution is -1.99. The highest BCUT2D eigenvalue weighted by molar-refractivity contribution is 5.27. The van der Waals surface area contributed by atoms with Crippen molar-refractivity contribution in [1.82, 2.24) is 9.78 Å². The Kier molecular flexibility index (Phi) is 3.25. The highest BCUT2D eigenvalue weighted by Gasteiger charge is 1.98. The molecule has 0 aliphatic rings. The molecule has 0 saturated heterocycles. The molecular formula is C13H16N2O. The monoisotopic (exact) mass is 216 g/mol. The van der Waals surface area contributed by atoms with Crippen LogP contribution in [0.25, 0.3) is 0 Å². The van der Waals surface area contributed by atoms with E-state index >= 15 is 0 Å². The van der Waals surface area contributed by atoms with Gasteiger partial charge < -0.3 is 4.74 Å². The van der Waals surface area contributed by atoms with E-state index < -0.39 is 0 Å². The number of aryl methyl sites for hydroxylation is 1. The Morgan fingerprint density at radius 2 is 1.94 bits per heavy atom. The molecule has 0 atom stereocenters. The molecule has 84 valence electrons. The fourth-order valence-electron chi connectivity index (χ4n) is 1.59. The highest BCUT2D eigenvalue weighted by Crippen LogP contribution is 2.12. The minimum Gasteiger partial charge on any atom is -0.497 e. The number of nitrogens with zero attached hydrogens (tertiary/aromatic N) is 2. The van der Waals surface area contributed by atoms with Crippen molar-refractivity contribution in [3.63, 3.8) is 0 Å². The smallest absolute Gasteiger partial charge is 0.118 e. The Morgan fingerprint density at radius 1 is 1.19 bits per heavy atom. The Hall–Kier alpha value is -1.77. The van der Waals surface area contributed by atoms with Crippen molar-refractivity contribution in [2.75, 3.05) is 7.11 Å². The van der Waals surface area contributed by atoms with E-state index in [-0.39, 0.29) is 0 Å². The molecule has 0 radical (unpaired) electrons. The lowest BCUT2D eigenvalue weighted by atomic mass is 10.2. The fraction of sp³-hybridized carbons (Fsp3) is 0.308. The maximum Gasteiger partial charge on any atom is 0.118 e. The molecule has 1 aromatic carbocycles. The number of rotatable bonds is 4. The summed E-state index contributed by atoms with van der Waals surface area (Å²) < 4.78 is 7.08. The molecule has 0 aliphatic heterocycles. The summed E-state index contributed by atoms with van der Waals surface area (Å²) >= 11 is 0. The summed E-state index contributed by atoms with van der Waals surface area (Å²) in [5.41, 5.74) is 2.50. The lowest BCUT2D eigenvalue weighted by Gasteiger charge is -2.03. The van der Waals surface area contributed by atoms with Gasteiger partial charge in [0, 0.05) is 6.20 Å². The second kappa shape index (κ2) is 4.84. The second-order valence-corrected chi connectivity index (χ2v) is 3.75. The molecule has 0 amide bonds. The molecule has 16 heavy (non-hydrogen) atoms. The van der Waals surface area contributed by atoms with Crippen LogP contribution in [-0.2, 0) is 13.0 Å². The largest absolute Gasteiger partial charge is 0.497 e. The van der Waals surface area contributed by atoms with Crippen LogP contribution in [0.5, 0.6) is 5.75 Å². The molecular weight excluding hydrogens is 200 g/mol. The quantitative estimate of drug-likeness (QED) is 0.785. The van der Waals surface area contributed by atoms with Gasteiger partial charge >= 0.3 is 0 Å². The summed E-state index contributed by atoms with van der Waals surface area (Å²) in [7, 11) is 1.68. The maximum absolute atomic E-state index is 5.12. The number of hydrogen-bond donors (Lipinski definition) is 0. The molecule has 1 aromatic heterocycles. The Bertz CT molecular complexity index is 445. The molecule has 0 bridgehead atoms. The van der Waals surface area contributed by atoms with Gasteiger partial charge in [-0.3, -0.25) is 4.68 Å². The van der Waals surface area contributed by atoms with E-state index in [4.69, 9.17) is 4.74 Å². The normalized spacial score (nSPS) is 10.4. The van der Waals surface area contributed by atoms with Crippen LogP contribution in [0.2, 0.25) is 0 Å². The zero-order valence-corrected chi connectivity index (χ0v) is 9.68. The van der Waals surface area contributed by atoms with Gasteiger partial charge in [0.1, 0.15) is 5.75 Å². The summed E-state index contributed by atoms with van der Waals surface area (Å²) in [5.74, 6) is 0.887. The highest BCUT2D eigenvalue weighted by atomic mass is 16.5. The van der Waals surface area contributed by atoms with Crippen LogP contribution in [0.15, 0.2) is 36.7 Å². The van der Waals surface area contributed by atoms with Gasteiger partial charge in [0.25, 0.3) is 0 Å². The molecule has 1 heterocycles. The molecule has 0 spiro atoms. The number of benzene rings is 1. The predicted octanol–water partition coefficient (Wildman–Crippen LogP) is 2.50. The Labute approximate surface area is 95.7 Å². The molecule has 2 aromatic rings. The van der Waals surface area contributed by atoms with Gasteiger partial charge in [0.15, 0.2) is 0 Å². The number of ether oxygens (including phenoxy) is 1. The molecule has 0 N–H and O–H groups in total. The zero-order chi connectivity index (χ0) is 11.4. The third kappa shape index (κ3) is 2.42. The molecule has 0 saturated carbocycles. The SMILES string of the molecule is CCc1cnn(Cc2ccc(OC)cc2)c1. The summed E-state index contributed by atoms with van der Waals surface area (Å²) in [4.78, 5) is 0. The molecule has 0 unspecified atom stereocenters. The van der Waals surface area contributed by atoms with Crippen molar-refractivity contribution in [3.8, 4) is 5.75 Å². The van der Waals surface area contributed by atoms with Gasteiger partial charge in [-0.15, -0.1) is 0 Å². The van der Waals surface area contributed by atoms with Crippen LogP contribution < -0.4 is 4.74 Å². The van der Waals surface area contributed by atoms with E-state index in [0.717, 1.165) is 18.7 Å². The second-order valence-electron chi connectivity index (χ2n) is 3.75. The third-order valence-corrected chi connectivity index (χ3v) is 2.60. The van der Waals surface area contributed by atoms with Crippen LogP contribution in [0.3, 0.4) is 0 Å². The van der Waals surface area contributed by atoms with E-state index in [1.54, 1.807) is 7.11 Å². The van der Waals surface area contributed by atoms with Crippen LogP contribution in [-0.4, -0.2) is 16.9 Å². The van der Waals surface area contributed by atoms with E-state index in [9.17, 15) is 0 Å². The van der Waals surface area contributed by atoms with Crippen molar-refractivity contribution in [3.05, 3.63) is 47.8 Å². The number of aromatic nitrogens is 2. The van der Waals surface area contributed by atoms with Crippen LogP contribution >= 0.6 is 0 Å². The van der Waals surface area contributed by atoms with Gasteiger partial charge in [-0.25, -0.2) is 0 Å². The van der Waals surface area contributed by atoms with Crippen molar-refractivity contribution in [2.45, 2.75) is 19.9 Å². The fourth-order valence-corrected chi connectivity index (χ4v) is 1.59. The molecule has 3 nitrogen and oxygen atoms in total. The average molecular weight is 216 g/mol. The summed E-state index contributed by atoms with van der Waals surface area (Å²) in [5, 5.41) is 4.31. The average Bonchev–Trinajstić information content (AvgIpc) is 2.78. The van der Waals surface area contributed by atoms with Crippen molar-refractivity contribution in [2.24, 2.45) is 0 Å². The number of methoxy groups -OCH3 is 1. The van der Waals surface area contributed by atoms with E-state index in [1.807, 2.05) is 23.0 Å². The standard InChI is InChI=1S/C13H16N2O/c1-3-11-8-14-15(9-11)10-12-4-6-13(16-2)7-5-12/h4-9H,3,10H2,1-2H3. The van der Waals surface area contributed by atoms with Gasteiger partial charge in [-0.05, 0) is 29.7 Å². The van der Waals surface area contributed by atoms with Crippen molar-refractivity contribution < 1.29 is 4.74 Å². The van der Waals surface area contributed by atoms with E-state index in [0.29, 0.717) is 0 Å². The van der Waals surface area contributed by atoms with E-state index in [1.165, 1.54) is 11.1 Å². The van der Waals surface area contributed by atoms with E-state index in [2.05, 4.69) is 30.4 Å². The van der Waals surface area contributed by atoms with Gasteiger partial charge in [0.05, 0.1) is 19.9 Å². The summed E-state index contributed by atoms with van der Waals surface area (Å²) in [6.45, 7) is 2.94. The summed E-state index contributed by atoms with van der Waals surface area (Å²) in [6, 6.07) is 8.07. The van der Waals surface area contributed by atoms with Gasteiger partial charge in [-0.2, -0.15) is 5.10 Å². The van der Waals surface area contributed by atoms with Gasteiger partial charge in [0.2, 0.25) is 0 Å². The molecule has 0 aliphatic carbocycles. The predicted molar refractivity (Wildman–Crippen MR) is 63.7 cm³/mol. The maximum atomic E-state index is 5.12. The Morgan fingerprint density at radius 3 is 2.50 bits per heavy atom. The lowest BCUT2D eigenvalue weighted by molar-refractivity contribution is 0.414. The van der Waals surface area contributed by atoms with Crippen molar-refractivity contribution >= 4 is 0 Å². The van der Waals surface area contributed by atoms with Crippen molar-refractivity contribution in [1.29, 1.82) is 0 Å². The van der Waals surface area contributed by atoms with Crippen LogP contribution in [0.4, 0.5) is 0 Å². The first-order valence-corrected chi connectivity index (χ1v) is 5.46. The first-order chi connectivity index (χ1) is 7.81. The minimum atomic E-state index is 0.810. The Balaban J connectivity index is 2.08. The van der Waals surface area contributed by atoms with Crippen LogP contribution in [0.1, 0.15) is 18.1 Å². The van der Waals surface area contributed by atoms with Crippen LogP contribution in [0, 0.1) is 0 Å². The molecule has 0 fully saturated rings. The topological polar surface area (TPSA) is 27.1 Å². The third-order valence-electron chi connectivity index (χ3n) is 2.60. The van der Waals surface area contributed by atoms with Gasteiger partial charge in [-0.1, -0.05) is 19.1 Å². The number of hydrogen-bond acceptors (Lipinski definition) is 2. The molecule has 3 heteroatoms. The first kappa shape index (κ1) is 10.7. The first-order valence-electron chi connectivity index (χ1n) is 5.46. The molecule has 2 rings (SSSR count). The zero-order valence-electron chi connectivity index (χ0n) is 9.68.